The third kappa shape index (κ3) is 1.95. The molecule has 0 aromatic heterocycles. The van der Waals surface area contributed by atoms with Crippen LogP contribution in [-0.4, -0.2) is 36.6 Å². The van der Waals surface area contributed by atoms with Gasteiger partial charge in [0, 0.05) is 18.1 Å². The largest absolute Gasteiger partial charge is 0.329 e. The predicted molar refractivity (Wildman–Crippen MR) is 61.0 cm³/mol. The minimum absolute atomic E-state index is 0.165. The highest BCUT2D eigenvalue weighted by Gasteiger charge is 2.41. The van der Waals surface area contributed by atoms with Gasteiger partial charge in [0.1, 0.15) is 0 Å². The third-order valence-electron chi connectivity index (χ3n) is 4.36. The van der Waals surface area contributed by atoms with Crippen LogP contribution in [0.2, 0.25) is 0 Å². The minimum atomic E-state index is 0.165. The highest BCUT2D eigenvalue weighted by Crippen LogP contribution is 2.36. The lowest BCUT2D eigenvalue weighted by molar-refractivity contribution is 0.00525. The molecule has 0 saturated carbocycles. The summed E-state index contributed by atoms with van der Waals surface area (Å²) in [7, 11) is 2.20. The topological polar surface area (TPSA) is 55.3 Å². The maximum atomic E-state index is 6.06. The summed E-state index contributed by atoms with van der Waals surface area (Å²) < 4.78 is 0. The molecule has 4 N–H and O–H groups in total. The lowest BCUT2D eigenvalue weighted by atomic mass is 9.70. The van der Waals surface area contributed by atoms with Crippen molar-refractivity contribution in [2.75, 3.05) is 20.1 Å². The zero-order valence-electron chi connectivity index (χ0n) is 9.96. The summed E-state index contributed by atoms with van der Waals surface area (Å²) in [5, 5.41) is 0. The maximum Gasteiger partial charge on any atom is 0.0195 e. The van der Waals surface area contributed by atoms with Crippen molar-refractivity contribution in [3.8, 4) is 0 Å². The van der Waals surface area contributed by atoms with Crippen molar-refractivity contribution >= 4 is 0 Å². The number of likely N-dealkylation sites (tertiary alicyclic amines) is 1. The summed E-state index contributed by atoms with van der Waals surface area (Å²) in [4.78, 5) is 2.43. The Balaban J connectivity index is 2.74. The van der Waals surface area contributed by atoms with Crippen LogP contribution in [0.15, 0.2) is 0 Å². The van der Waals surface area contributed by atoms with Crippen LogP contribution in [0.3, 0.4) is 0 Å². The molecular formula is C11H25N3. The molecule has 1 fully saturated rings. The average Bonchev–Trinajstić information content (AvgIpc) is 2.14. The molecule has 1 rings (SSSR count). The average molecular weight is 199 g/mol. The number of hydrogen-bond acceptors (Lipinski definition) is 3. The van der Waals surface area contributed by atoms with Crippen molar-refractivity contribution < 1.29 is 0 Å². The SMILES string of the molecule is CC1C(C(N)CN)CCN(C)C1(C)C. The van der Waals surface area contributed by atoms with Gasteiger partial charge >= 0.3 is 0 Å². The molecule has 3 heteroatoms. The van der Waals surface area contributed by atoms with Crippen LogP contribution < -0.4 is 11.5 Å². The van der Waals surface area contributed by atoms with E-state index >= 15 is 0 Å². The van der Waals surface area contributed by atoms with Gasteiger partial charge in [-0.15, -0.1) is 0 Å². The van der Waals surface area contributed by atoms with Crippen LogP contribution >= 0.6 is 0 Å². The van der Waals surface area contributed by atoms with Gasteiger partial charge in [-0.3, -0.25) is 0 Å². The Kier molecular flexibility index (Phi) is 3.56. The fourth-order valence-corrected chi connectivity index (χ4v) is 2.51. The van der Waals surface area contributed by atoms with E-state index in [1.54, 1.807) is 0 Å². The van der Waals surface area contributed by atoms with E-state index in [0.717, 1.165) is 6.54 Å². The molecule has 84 valence electrons. The molecule has 3 nitrogen and oxygen atoms in total. The first kappa shape index (κ1) is 12.0. The molecule has 0 radical (unpaired) electrons. The molecule has 0 bridgehead atoms. The van der Waals surface area contributed by atoms with Crippen molar-refractivity contribution in [3.63, 3.8) is 0 Å². The fraction of sp³-hybridized carbons (Fsp3) is 1.00. The molecule has 1 aliphatic heterocycles. The zero-order valence-corrected chi connectivity index (χ0v) is 9.96. The lowest BCUT2D eigenvalue weighted by Crippen LogP contribution is -2.58. The van der Waals surface area contributed by atoms with E-state index < -0.39 is 0 Å². The molecule has 0 amide bonds. The van der Waals surface area contributed by atoms with Gasteiger partial charge < -0.3 is 16.4 Å². The summed E-state index contributed by atoms with van der Waals surface area (Å²) in [6.45, 7) is 8.64. The van der Waals surface area contributed by atoms with Crippen LogP contribution in [0.5, 0.6) is 0 Å². The smallest absolute Gasteiger partial charge is 0.0195 e. The molecule has 0 aromatic carbocycles. The van der Waals surface area contributed by atoms with E-state index in [2.05, 4.69) is 32.7 Å². The van der Waals surface area contributed by atoms with Gasteiger partial charge in [-0.25, -0.2) is 0 Å². The predicted octanol–water partition coefficient (Wildman–Crippen LogP) is 0.639. The van der Waals surface area contributed by atoms with E-state index in [-0.39, 0.29) is 11.6 Å². The van der Waals surface area contributed by atoms with Crippen molar-refractivity contribution in [1.29, 1.82) is 0 Å². The second-order valence-electron chi connectivity index (χ2n) is 5.22. The van der Waals surface area contributed by atoms with E-state index in [0.29, 0.717) is 18.4 Å². The van der Waals surface area contributed by atoms with Crippen LogP contribution in [0.4, 0.5) is 0 Å². The van der Waals surface area contributed by atoms with Gasteiger partial charge in [0.25, 0.3) is 0 Å². The summed E-state index contributed by atoms with van der Waals surface area (Å²) in [6.07, 6.45) is 1.18. The Morgan fingerprint density at radius 1 is 1.50 bits per heavy atom. The van der Waals surface area contributed by atoms with Crippen LogP contribution in [0.1, 0.15) is 27.2 Å². The molecule has 3 unspecified atom stereocenters. The maximum absolute atomic E-state index is 6.06. The summed E-state index contributed by atoms with van der Waals surface area (Å²) in [5.74, 6) is 1.19. The first-order chi connectivity index (χ1) is 6.41. The fourth-order valence-electron chi connectivity index (χ4n) is 2.51. The van der Waals surface area contributed by atoms with Gasteiger partial charge in [0.05, 0.1) is 0 Å². The Morgan fingerprint density at radius 2 is 2.07 bits per heavy atom. The molecule has 3 atom stereocenters. The normalized spacial score (nSPS) is 35.6. The van der Waals surface area contributed by atoms with Crippen LogP contribution in [0.25, 0.3) is 0 Å². The van der Waals surface area contributed by atoms with Crippen molar-refractivity contribution in [1.82, 2.24) is 4.90 Å². The van der Waals surface area contributed by atoms with Crippen molar-refractivity contribution in [2.45, 2.75) is 38.8 Å². The van der Waals surface area contributed by atoms with E-state index in [9.17, 15) is 0 Å². The number of nitrogens with two attached hydrogens (primary N) is 2. The van der Waals surface area contributed by atoms with Gasteiger partial charge in [0.15, 0.2) is 0 Å². The molecule has 0 aromatic rings. The number of rotatable bonds is 2. The molecule has 0 spiro atoms. The number of nitrogens with zero attached hydrogens (tertiary/aromatic N) is 1. The first-order valence-electron chi connectivity index (χ1n) is 5.58. The Bertz CT molecular complexity index is 191. The zero-order chi connectivity index (χ0) is 10.9. The second kappa shape index (κ2) is 4.17. The Morgan fingerprint density at radius 3 is 2.57 bits per heavy atom. The first-order valence-corrected chi connectivity index (χ1v) is 5.58. The molecular weight excluding hydrogens is 174 g/mol. The molecule has 14 heavy (non-hydrogen) atoms. The molecule has 0 aliphatic carbocycles. The van der Waals surface area contributed by atoms with Gasteiger partial charge in [-0.1, -0.05) is 6.92 Å². The van der Waals surface area contributed by atoms with Crippen LogP contribution in [0, 0.1) is 11.8 Å². The van der Waals surface area contributed by atoms with Crippen molar-refractivity contribution in [3.05, 3.63) is 0 Å². The van der Waals surface area contributed by atoms with Crippen LogP contribution in [-0.2, 0) is 0 Å². The summed E-state index contributed by atoms with van der Waals surface area (Å²) >= 11 is 0. The van der Waals surface area contributed by atoms with Crippen molar-refractivity contribution in [2.24, 2.45) is 23.3 Å². The van der Waals surface area contributed by atoms with E-state index in [4.69, 9.17) is 11.5 Å². The van der Waals surface area contributed by atoms with E-state index in [1.165, 1.54) is 6.42 Å². The third-order valence-corrected chi connectivity index (χ3v) is 4.36. The van der Waals surface area contributed by atoms with Gasteiger partial charge in [-0.2, -0.15) is 0 Å². The molecule has 1 saturated heterocycles. The quantitative estimate of drug-likeness (QED) is 0.686. The summed E-state index contributed by atoms with van der Waals surface area (Å²) in [6, 6.07) is 0.165. The Hall–Kier alpha value is -0.120. The minimum Gasteiger partial charge on any atom is -0.329 e. The summed E-state index contributed by atoms with van der Waals surface area (Å²) in [5.41, 5.74) is 12.0. The second-order valence-corrected chi connectivity index (χ2v) is 5.22. The highest BCUT2D eigenvalue weighted by atomic mass is 15.2. The lowest BCUT2D eigenvalue weighted by Gasteiger charge is -2.50. The molecule has 1 heterocycles. The molecule has 1 aliphatic rings. The van der Waals surface area contributed by atoms with E-state index in [1.807, 2.05) is 0 Å². The van der Waals surface area contributed by atoms with Gasteiger partial charge in [0.2, 0.25) is 0 Å². The Labute approximate surface area is 87.8 Å². The standard InChI is InChI=1S/C11H25N3/c1-8-9(10(13)7-12)5-6-14(4)11(8,2)3/h8-10H,5-7,12-13H2,1-4H3. The monoisotopic (exact) mass is 199 g/mol. The highest BCUT2D eigenvalue weighted by molar-refractivity contribution is 4.96. The van der Waals surface area contributed by atoms with Gasteiger partial charge in [-0.05, 0) is 45.7 Å². The number of hydrogen-bond donors (Lipinski definition) is 2. The number of piperidine rings is 1.